The fraction of sp³-hybridized carbons (Fsp3) is 0.566. The van der Waals surface area contributed by atoms with Crippen molar-refractivity contribution in [3.8, 4) is 11.5 Å². The molecule has 0 spiro atoms. The number of hydrogen-bond donors (Lipinski definition) is 3. The van der Waals surface area contributed by atoms with Gasteiger partial charge in [-0.25, -0.2) is 0 Å². The van der Waals surface area contributed by atoms with Gasteiger partial charge in [0.2, 0.25) is 11.7 Å². The summed E-state index contributed by atoms with van der Waals surface area (Å²) >= 11 is 0. The number of aliphatic hydroxyl groups is 3. The van der Waals surface area contributed by atoms with Gasteiger partial charge in [-0.1, -0.05) is 61.9 Å². The Kier molecular flexibility index (Phi) is 18.6. The molecule has 3 N–H and O–H groups in total. The number of hydrogen-bond acceptors (Lipinski definition) is 13. The summed E-state index contributed by atoms with van der Waals surface area (Å²) in [6.07, 6.45) is 14.3. The van der Waals surface area contributed by atoms with Crippen LogP contribution < -0.4 is 9.47 Å². The van der Waals surface area contributed by atoms with Crippen LogP contribution in [-0.2, 0) is 32.3 Å². The molecule has 6 unspecified atom stereocenters. The van der Waals surface area contributed by atoms with Crippen molar-refractivity contribution < 1.29 is 48.8 Å². The Labute approximate surface area is 400 Å². The number of nitrogens with zero attached hydrogens (tertiary/aromatic N) is 4. The maximum absolute atomic E-state index is 15.0. The number of carbonyl (C=O) groups excluding carboxylic acids is 1. The average molecular weight is 939 g/mol. The van der Waals surface area contributed by atoms with Gasteiger partial charge in [0.25, 0.3) is 5.69 Å². The maximum Gasteiger partial charge on any atom is 0.269 e. The van der Waals surface area contributed by atoms with Crippen molar-refractivity contribution in [2.45, 2.75) is 121 Å². The molecule has 15 nitrogen and oxygen atoms in total. The number of benzene rings is 2. The lowest BCUT2D eigenvalue weighted by Crippen LogP contribution is -2.70. The van der Waals surface area contributed by atoms with Gasteiger partial charge in [-0.3, -0.25) is 19.9 Å². The van der Waals surface area contributed by atoms with Gasteiger partial charge in [-0.2, -0.15) is 0 Å². The Morgan fingerprint density at radius 2 is 1.76 bits per heavy atom. The second kappa shape index (κ2) is 24.9. The number of rotatable bonds is 27. The van der Waals surface area contributed by atoms with E-state index in [0.29, 0.717) is 48.0 Å². The molecule has 3 aliphatic carbocycles. The molecule has 0 radical (unpaired) electrons. The van der Waals surface area contributed by atoms with E-state index in [9.17, 15) is 25.4 Å². The molecule has 1 aromatic heterocycles. The summed E-state index contributed by atoms with van der Waals surface area (Å²) in [5.41, 5.74) is 4.84. The van der Waals surface area contributed by atoms with Crippen LogP contribution in [0.15, 0.2) is 90.1 Å². The minimum Gasteiger partial charge on any atom is -0.487 e. The number of aromatic nitrogens is 1. The van der Waals surface area contributed by atoms with Gasteiger partial charge in [-0.05, 0) is 110 Å². The number of oxime groups is 1. The summed E-state index contributed by atoms with van der Waals surface area (Å²) in [5.74, 6) is -0.509. The number of aryl methyl sites for hydroxylation is 1. The van der Waals surface area contributed by atoms with Gasteiger partial charge in [0.1, 0.15) is 30.8 Å². The van der Waals surface area contributed by atoms with Crippen LogP contribution in [0.25, 0.3) is 0 Å². The lowest BCUT2D eigenvalue weighted by molar-refractivity contribution is -0.384. The van der Waals surface area contributed by atoms with Crippen LogP contribution in [-0.4, -0.2) is 99.8 Å². The van der Waals surface area contributed by atoms with Gasteiger partial charge in [0, 0.05) is 61.9 Å². The highest BCUT2D eigenvalue weighted by atomic mass is 16.7. The van der Waals surface area contributed by atoms with Crippen molar-refractivity contribution >= 4 is 17.3 Å². The lowest BCUT2D eigenvalue weighted by atomic mass is 9.55. The SMILES string of the molecule is C=CCOC12Oc3ccc(OCc4cccc(C)n4)cc3C3C(CCCCO)C(CCCCO)C=C(C(=NOCc4ccc([N+](=O)[O-])cc4)CC1N(CCOCCO)C(=O)CCC1CCCC1)C32. The monoisotopic (exact) mass is 939 g/mol. The minimum atomic E-state index is -1.45. The Balaban J connectivity index is 1.39. The molecule has 1 aliphatic heterocycles. The Hall–Kier alpha value is -5.19. The second-order valence-corrected chi connectivity index (χ2v) is 18.6. The molecule has 6 atom stereocenters. The molecule has 368 valence electrons. The van der Waals surface area contributed by atoms with E-state index in [1.165, 1.54) is 25.0 Å². The van der Waals surface area contributed by atoms with Crippen molar-refractivity contribution in [1.82, 2.24) is 9.88 Å². The smallest absolute Gasteiger partial charge is 0.269 e. The number of amides is 1. The van der Waals surface area contributed by atoms with Gasteiger partial charge >= 0.3 is 0 Å². The summed E-state index contributed by atoms with van der Waals surface area (Å²) in [7, 11) is 0. The first-order chi connectivity index (χ1) is 33.2. The van der Waals surface area contributed by atoms with E-state index in [0.717, 1.165) is 67.5 Å². The highest BCUT2D eigenvalue weighted by molar-refractivity contribution is 6.03. The van der Waals surface area contributed by atoms with Crippen LogP contribution >= 0.6 is 0 Å². The number of non-ortho nitro benzene ring substituents is 1. The summed E-state index contributed by atoms with van der Waals surface area (Å²) < 4.78 is 26.9. The molecule has 3 aromatic rings. The van der Waals surface area contributed by atoms with Crippen molar-refractivity contribution in [2.24, 2.45) is 28.8 Å². The van der Waals surface area contributed by atoms with Crippen LogP contribution in [0.1, 0.15) is 112 Å². The number of pyridine rings is 1. The highest BCUT2D eigenvalue weighted by Gasteiger charge is 2.65. The maximum atomic E-state index is 15.0. The van der Waals surface area contributed by atoms with Crippen LogP contribution in [0.3, 0.4) is 0 Å². The number of fused-ring (bicyclic) bond motifs is 2. The molecule has 0 bridgehead atoms. The Bertz CT molecular complexity index is 2190. The van der Waals surface area contributed by atoms with E-state index in [1.54, 1.807) is 18.2 Å². The van der Waals surface area contributed by atoms with Crippen molar-refractivity contribution in [2.75, 3.05) is 46.2 Å². The molecule has 15 heteroatoms. The number of aliphatic hydroxyl groups excluding tert-OH is 3. The second-order valence-electron chi connectivity index (χ2n) is 18.6. The minimum absolute atomic E-state index is 0.0115. The highest BCUT2D eigenvalue weighted by Crippen LogP contribution is 2.62. The number of carbonyl (C=O) groups is 1. The molecule has 0 saturated heterocycles. The Morgan fingerprint density at radius 3 is 2.49 bits per heavy atom. The number of unbranched alkanes of at least 4 members (excludes halogenated alkanes) is 2. The zero-order valence-corrected chi connectivity index (χ0v) is 39.6. The third-order valence-corrected chi connectivity index (χ3v) is 14.2. The molecule has 68 heavy (non-hydrogen) atoms. The molecule has 4 aliphatic rings. The molecule has 2 fully saturated rings. The topological polar surface area (TPSA) is 196 Å². The zero-order chi connectivity index (χ0) is 47.9. The predicted molar refractivity (Wildman–Crippen MR) is 257 cm³/mol. The first kappa shape index (κ1) is 50.7. The predicted octanol–water partition coefficient (Wildman–Crippen LogP) is 8.52. The van der Waals surface area contributed by atoms with E-state index < -0.39 is 22.7 Å². The normalized spacial score (nSPS) is 23.6. The molecule has 2 aromatic carbocycles. The summed E-state index contributed by atoms with van der Waals surface area (Å²) in [6.45, 7) is 6.93. The summed E-state index contributed by atoms with van der Waals surface area (Å²) in [4.78, 5) is 38.7. The van der Waals surface area contributed by atoms with Crippen LogP contribution in [0.5, 0.6) is 11.5 Å². The number of allylic oxidation sites excluding steroid dienone is 1. The number of nitro groups is 1. The largest absolute Gasteiger partial charge is 0.487 e. The van der Waals surface area contributed by atoms with E-state index >= 15 is 4.79 Å². The van der Waals surface area contributed by atoms with E-state index in [4.69, 9.17) is 28.9 Å². The van der Waals surface area contributed by atoms with E-state index in [1.807, 2.05) is 42.2 Å². The third-order valence-electron chi connectivity index (χ3n) is 14.2. The molecule has 1 amide bonds. The summed E-state index contributed by atoms with van der Waals surface area (Å²) in [5, 5.41) is 46.0. The molecule has 2 saturated carbocycles. The van der Waals surface area contributed by atoms with Gasteiger partial charge in [0.15, 0.2) is 0 Å². The molecule has 7 rings (SSSR count). The van der Waals surface area contributed by atoms with Crippen LogP contribution in [0, 0.1) is 40.7 Å². The fourth-order valence-electron chi connectivity index (χ4n) is 11.0. The molecular weight excluding hydrogens is 869 g/mol. The van der Waals surface area contributed by atoms with Gasteiger partial charge in [0.05, 0.1) is 48.7 Å². The zero-order valence-electron chi connectivity index (χ0n) is 39.6. The number of ether oxygens (including phenoxy) is 4. The third kappa shape index (κ3) is 12.3. The quantitative estimate of drug-likeness (QED) is 0.0286. The van der Waals surface area contributed by atoms with Crippen molar-refractivity contribution in [3.05, 3.63) is 118 Å². The van der Waals surface area contributed by atoms with Crippen LogP contribution in [0.2, 0.25) is 0 Å². The van der Waals surface area contributed by atoms with Gasteiger partial charge < -0.3 is 44.0 Å². The fourth-order valence-corrected chi connectivity index (χ4v) is 11.0. The summed E-state index contributed by atoms with van der Waals surface area (Å²) in [6, 6.07) is 17.2. The first-order valence-electron chi connectivity index (χ1n) is 24.7. The van der Waals surface area contributed by atoms with Crippen molar-refractivity contribution in [1.29, 1.82) is 0 Å². The standard InChI is InChI=1S/C53H70N4O11/c1-3-29-66-53-49(56(25-30-64-31-28-60)50(61)24-19-38-12-4-5-13-38)34-47(55-67-35-39-17-20-42(21-18-39)57(62)63)45-32-40(14-6-8-26-58)44(16-7-9-27-59)51(52(45)53)46-33-43(22-23-48(46)68-53)65-36-41-15-10-11-37(2)54-41/h3,10-11,15,17-18,20-23,32-33,38,40,44,49,51-52,58-60H,1,4-9,12-14,16,19,24-31,34-36H2,2H3. The van der Waals surface area contributed by atoms with Crippen LogP contribution in [0.4, 0.5) is 5.69 Å². The molecular formula is C53H70N4O11. The van der Waals surface area contributed by atoms with E-state index in [-0.39, 0.29) is 95.2 Å². The van der Waals surface area contributed by atoms with E-state index in [2.05, 4.69) is 23.7 Å². The average Bonchev–Trinajstić information content (AvgIpc) is 3.88. The van der Waals surface area contributed by atoms with Crippen molar-refractivity contribution in [3.63, 3.8) is 0 Å². The van der Waals surface area contributed by atoms with Gasteiger partial charge in [-0.15, -0.1) is 6.58 Å². The molecule has 2 heterocycles. The Morgan fingerprint density at radius 1 is 0.985 bits per heavy atom. The first-order valence-corrected chi connectivity index (χ1v) is 24.7. The number of nitro benzene ring substituents is 1. The lowest BCUT2D eigenvalue weighted by Gasteiger charge is -2.60.